The molecule has 3 nitrogen and oxygen atoms in total. The van der Waals surface area contributed by atoms with Crippen LogP contribution in [-0.2, 0) is 6.61 Å². The average molecular weight is 322 g/mol. The van der Waals surface area contributed by atoms with E-state index in [0.29, 0.717) is 10.6 Å². The Morgan fingerprint density at radius 3 is 2.59 bits per heavy atom. The number of benzene rings is 2. The molecule has 0 fully saturated rings. The van der Waals surface area contributed by atoms with Crippen molar-refractivity contribution < 1.29 is 18.4 Å². The summed E-state index contributed by atoms with van der Waals surface area (Å²) in [4.78, 5) is 0. The van der Waals surface area contributed by atoms with Gasteiger partial charge in [0.25, 0.3) is 0 Å². The van der Waals surface area contributed by atoms with E-state index in [1.807, 2.05) is 0 Å². The molecule has 1 aromatic heterocycles. The maximum atomic E-state index is 13.9. The Morgan fingerprint density at radius 1 is 1.09 bits per heavy atom. The van der Waals surface area contributed by atoms with E-state index < -0.39 is 18.2 Å². The maximum Gasteiger partial charge on any atom is 0.174 e. The van der Waals surface area contributed by atoms with Gasteiger partial charge in [0.1, 0.15) is 17.3 Å². The Hall–Kier alpha value is -2.24. The average Bonchev–Trinajstić information content (AvgIpc) is 2.93. The molecule has 112 valence electrons. The standard InChI is InChI=1S/C16H10ClF2NO2/c17-13-4-2-1-3-10(13)16-12(8-21)15(20-22-16)11-7-9(18)5-6-14(11)19/h1-7,21H,8H2. The number of hydrogen-bond acceptors (Lipinski definition) is 3. The predicted molar refractivity (Wildman–Crippen MR) is 78.2 cm³/mol. The molecule has 0 saturated carbocycles. The fourth-order valence-electron chi connectivity index (χ4n) is 2.20. The van der Waals surface area contributed by atoms with Crippen LogP contribution in [0.1, 0.15) is 5.56 Å². The third kappa shape index (κ3) is 2.49. The molecular formula is C16H10ClF2NO2. The van der Waals surface area contributed by atoms with Crippen LogP contribution >= 0.6 is 11.6 Å². The summed E-state index contributed by atoms with van der Waals surface area (Å²) in [5.41, 5.74) is 0.738. The van der Waals surface area contributed by atoms with Crippen LogP contribution in [0.4, 0.5) is 8.78 Å². The van der Waals surface area contributed by atoms with Crippen LogP contribution in [0.5, 0.6) is 0 Å². The molecule has 0 radical (unpaired) electrons. The van der Waals surface area contributed by atoms with Gasteiger partial charge in [0.2, 0.25) is 0 Å². The van der Waals surface area contributed by atoms with E-state index in [-0.39, 0.29) is 22.6 Å². The molecule has 0 spiro atoms. The Balaban J connectivity index is 2.20. The van der Waals surface area contributed by atoms with Gasteiger partial charge in [0, 0.05) is 11.1 Å². The molecular weight excluding hydrogens is 312 g/mol. The molecule has 3 aromatic rings. The summed E-state index contributed by atoms with van der Waals surface area (Å²) in [5.74, 6) is -1.04. The van der Waals surface area contributed by atoms with E-state index in [4.69, 9.17) is 16.1 Å². The van der Waals surface area contributed by atoms with Gasteiger partial charge in [-0.1, -0.05) is 28.9 Å². The zero-order valence-electron chi connectivity index (χ0n) is 11.2. The van der Waals surface area contributed by atoms with Gasteiger partial charge in [-0.05, 0) is 30.3 Å². The molecule has 22 heavy (non-hydrogen) atoms. The Labute approximate surface area is 129 Å². The summed E-state index contributed by atoms with van der Waals surface area (Å²) in [6, 6.07) is 9.84. The lowest BCUT2D eigenvalue weighted by Crippen LogP contribution is -1.93. The second-order valence-corrected chi connectivity index (χ2v) is 5.01. The van der Waals surface area contributed by atoms with Gasteiger partial charge in [-0.3, -0.25) is 0 Å². The van der Waals surface area contributed by atoms with Crippen molar-refractivity contribution in [3.05, 3.63) is 64.7 Å². The maximum absolute atomic E-state index is 13.9. The van der Waals surface area contributed by atoms with Crippen molar-refractivity contribution in [1.82, 2.24) is 5.16 Å². The minimum Gasteiger partial charge on any atom is -0.391 e. The van der Waals surface area contributed by atoms with Gasteiger partial charge < -0.3 is 9.63 Å². The molecule has 0 amide bonds. The minimum absolute atomic E-state index is 0.0504. The number of nitrogens with zero attached hydrogens (tertiary/aromatic N) is 1. The highest BCUT2D eigenvalue weighted by Gasteiger charge is 2.22. The number of rotatable bonds is 3. The lowest BCUT2D eigenvalue weighted by molar-refractivity contribution is 0.281. The second kappa shape index (κ2) is 5.87. The fourth-order valence-corrected chi connectivity index (χ4v) is 2.43. The van der Waals surface area contributed by atoms with E-state index in [2.05, 4.69) is 5.16 Å². The van der Waals surface area contributed by atoms with E-state index in [1.165, 1.54) is 0 Å². The first-order valence-electron chi connectivity index (χ1n) is 6.41. The van der Waals surface area contributed by atoms with E-state index in [1.54, 1.807) is 24.3 Å². The highest BCUT2D eigenvalue weighted by molar-refractivity contribution is 6.33. The molecule has 0 aliphatic carbocycles. The normalized spacial score (nSPS) is 10.9. The predicted octanol–water partition coefficient (Wildman–Crippen LogP) is 4.43. The summed E-state index contributed by atoms with van der Waals surface area (Å²) in [7, 11) is 0. The van der Waals surface area contributed by atoms with Crippen molar-refractivity contribution in [2.24, 2.45) is 0 Å². The van der Waals surface area contributed by atoms with Crippen molar-refractivity contribution in [3.8, 4) is 22.6 Å². The molecule has 1 N–H and O–H groups in total. The molecule has 2 aromatic carbocycles. The quantitative estimate of drug-likeness (QED) is 0.776. The Kier molecular flexibility index (Phi) is 3.92. The van der Waals surface area contributed by atoms with Crippen LogP contribution in [0, 0.1) is 11.6 Å². The van der Waals surface area contributed by atoms with Crippen LogP contribution in [0.15, 0.2) is 47.0 Å². The second-order valence-electron chi connectivity index (χ2n) is 4.60. The number of aliphatic hydroxyl groups is 1. The van der Waals surface area contributed by atoms with Crippen molar-refractivity contribution in [2.75, 3.05) is 0 Å². The molecule has 0 unspecified atom stereocenters. The topological polar surface area (TPSA) is 46.3 Å². The minimum atomic E-state index is -0.657. The Morgan fingerprint density at radius 2 is 1.86 bits per heavy atom. The zero-order chi connectivity index (χ0) is 15.7. The lowest BCUT2D eigenvalue weighted by atomic mass is 10.0. The monoisotopic (exact) mass is 321 g/mol. The number of hydrogen-bond donors (Lipinski definition) is 1. The zero-order valence-corrected chi connectivity index (χ0v) is 11.9. The summed E-state index contributed by atoms with van der Waals surface area (Å²) in [6.07, 6.45) is 0. The molecule has 6 heteroatoms. The van der Waals surface area contributed by atoms with Crippen LogP contribution in [-0.4, -0.2) is 10.3 Å². The number of halogens is 3. The number of aromatic nitrogens is 1. The van der Waals surface area contributed by atoms with E-state index in [9.17, 15) is 13.9 Å². The smallest absolute Gasteiger partial charge is 0.174 e. The van der Waals surface area contributed by atoms with Crippen LogP contribution in [0.25, 0.3) is 22.6 Å². The van der Waals surface area contributed by atoms with Crippen molar-refractivity contribution in [2.45, 2.75) is 6.61 Å². The van der Waals surface area contributed by atoms with Crippen molar-refractivity contribution in [3.63, 3.8) is 0 Å². The van der Waals surface area contributed by atoms with Crippen LogP contribution in [0.3, 0.4) is 0 Å². The third-order valence-electron chi connectivity index (χ3n) is 3.25. The first kappa shape index (κ1) is 14.7. The van der Waals surface area contributed by atoms with Gasteiger partial charge >= 0.3 is 0 Å². The van der Waals surface area contributed by atoms with Gasteiger partial charge in [-0.15, -0.1) is 0 Å². The van der Waals surface area contributed by atoms with Gasteiger partial charge in [-0.25, -0.2) is 8.78 Å². The molecule has 0 aliphatic heterocycles. The van der Waals surface area contributed by atoms with Crippen molar-refractivity contribution >= 4 is 11.6 Å². The number of aliphatic hydroxyl groups excluding tert-OH is 1. The summed E-state index contributed by atoms with van der Waals surface area (Å²) in [6.45, 7) is -0.449. The first-order chi connectivity index (χ1) is 10.6. The first-order valence-corrected chi connectivity index (χ1v) is 6.79. The third-order valence-corrected chi connectivity index (χ3v) is 3.58. The highest BCUT2D eigenvalue weighted by atomic mass is 35.5. The van der Waals surface area contributed by atoms with E-state index >= 15 is 0 Å². The molecule has 3 rings (SSSR count). The van der Waals surface area contributed by atoms with Gasteiger partial charge in [-0.2, -0.15) is 0 Å². The van der Waals surface area contributed by atoms with Crippen LogP contribution in [0.2, 0.25) is 5.02 Å². The summed E-state index contributed by atoms with van der Waals surface area (Å²) < 4.78 is 32.5. The fraction of sp³-hybridized carbons (Fsp3) is 0.0625. The Bertz CT molecular complexity index is 833. The summed E-state index contributed by atoms with van der Waals surface area (Å²) in [5, 5.41) is 13.8. The molecule has 0 saturated heterocycles. The van der Waals surface area contributed by atoms with Gasteiger partial charge in [0.15, 0.2) is 5.76 Å². The van der Waals surface area contributed by atoms with Gasteiger partial charge in [0.05, 0.1) is 17.2 Å². The highest BCUT2D eigenvalue weighted by Crippen LogP contribution is 2.36. The molecule has 0 bridgehead atoms. The SMILES string of the molecule is OCc1c(-c2cc(F)ccc2F)noc1-c1ccccc1Cl. The molecule has 0 aliphatic rings. The van der Waals surface area contributed by atoms with E-state index in [0.717, 1.165) is 18.2 Å². The molecule has 1 heterocycles. The lowest BCUT2D eigenvalue weighted by Gasteiger charge is -2.04. The summed E-state index contributed by atoms with van der Waals surface area (Å²) >= 11 is 6.10. The van der Waals surface area contributed by atoms with Crippen molar-refractivity contribution in [1.29, 1.82) is 0 Å². The van der Waals surface area contributed by atoms with Crippen LogP contribution < -0.4 is 0 Å². The largest absolute Gasteiger partial charge is 0.391 e. The molecule has 0 atom stereocenters.